The summed E-state index contributed by atoms with van der Waals surface area (Å²) in [7, 11) is 1.60. The molecule has 0 aromatic heterocycles. The van der Waals surface area contributed by atoms with Crippen LogP contribution >= 0.6 is 0 Å². The average molecular weight is 415 g/mol. The van der Waals surface area contributed by atoms with Crippen molar-refractivity contribution in [3.05, 3.63) is 83.9 Å². The Morgan fingerprint density at radius 3 is 2.32 bits per heavy atom. The number of hydrogen-bond donors (Lipinski definition) is 2. The smallest absolute Gasteiger partial charge is 0.255 e. The van der Waals surface area contributed by atoms with E-state index >= 15 is 0 Å². The van der Waals surface area contributed by atoms with Gasteiger partial charge in [0.2, 0.25) is 5.91 Å². The van der Waals surface area contributed by atoms with Crippen molar-refractivity contribution in [1.29, 1.82) is 0 Å². The molecule has 0 radical (unpaired) electrons. The van der Waals surface area contributed by atoms with E-state index < -0.39 is 0 Å². The highest BCUT2D eigenvalue weighted by atomic mass is 16.5. The van der Waals surface area contributed by atoms with E-state index in [0.29, 0.717) is 17.8 Å². The number of methoxy groups -OCH3 is 1. The van der Waals surface area contributed by atoms with Gasteiger partial charge in [-0.15, -0.1) is 0 Å². The second kappa shape index (κ2) is 8.92. The average Bonchev–Trinajstić information content (AvgIpc) is 3.23. The van der Waals surface area contributed by atoms with Crippen molar-refractivity contribution < 1.29 is 14.3 Å². The normalized spacial score (nSPS) is 13.3. The van der Waals surface area contributed by atoms with Gasteiger partial charge in [0, 0.05) is 29.2 Å². The number of carbonyl (C=O) groups is 2. The molecule has 1 atom stereocenters. The van der Waals surface area contributed by atoms with Gasteiger partial charge in [-0.3, -0.25) is 9.59 Å². The quantitative estimate of drug-likeness (QED) is 0.628. The van der Waals surface area contributed by atoms with Crippen LogP contribution in [0.25, 0.3) is 0 Å². The molecular weight excluding hydrogens is 390 g/mol. The third-order valence-corrected chi connectivity index (χ3v) is 5.40. The molecule has 2 N–H and O–H groups in total. The summed E-state index contributed by atoms with van der Waals surface area (Å²) >= 11 is 0. The summed E-state index contributed by atoms with van der Waals surface area (Å²) in [5.41, 5.74) is 4.21. The van der Waals surface area contributed by atoms with Crippen LogP contribution in [0.3, 0.4) is 0 Å². The van der Waals surface area contributed by atoms with Crippen molar-refractivity contribution in [1.82, 2.24) is 0 Å². The molecule has 158 valence electrons. The lowest BCUT2D eigenvalue weighted by Crippen LogP contribution is -2.40. The van der Waals surface area contributed by atoms with E-state index in [1.54, 1.807) is 43.5 Å². The largest absolute Gasteiger partial charge is 0.497 e. The topological polar surface area (TPSA) is 70.7 Å². The predicted molar refractivity (Wildman–Crippen MR) is 123 cm³/mol. The van der Waals surface area contributed by atoms with Crippen molar-refractivity contribution >= 4 is 28.9 Å². The lowest BCUT2D eigenvalue weighted by Gasteiger charge is -2.23. The van der Waals surface area contributed by atoms with Crippen molar-refractivity contribution in [2.24, 2.45) is 0 Å². The van der Waals surface area contributed by atoms with Crippen LogP contribution in [0, 0.1) is 0 Å². The van der Waals surface area contributed by atoms with E-state index in [4.69, 9.17) is 4.74 Å². The molecule has 0 saturated carbocycles. The number of amides is 2. The zero-order chi connectivity index (χ0) is 21.8. The molecule has 1 aliphatic rings. The fourth-order valence-corrected chi connectivity index (χ4v) is 3.71. The van der Waals surface area contributed by atoms with Gasteiger partial charge in [-0.2, -0.15) is 0 Å². The number of benzene rings is 3. The monoisotopic (exact) mass is 415 g/mol. The Bertz CT molecular complexity index is 1080. The Morgan fingerprint density at radius 2 is 1.61 bits per heavy atom. The molecule has 2 amide bonds. The summed E-state index contributed by atoms with van der Waals surface area (Å²) in [5.74, 6) is 0.565. The third-order valence-electron chi connectivity index (χ3n) is 5.40. The second-order valence-corrected chi connectivity index (χ2v) is 7.49. The molecule has 3 aromatic rings. The van der Waals surface area contributed by atoms with Crippen LogP contribution < -0.4 is 20.3 Å². The van der Waals surface area contributed by atoms with Crippen LogP contribution in [0.4, 0.5) is 17.1 Å². The molecule has 0 unspecified atom stereocenters. The first-order chi connectivity index (χ1) is 15.0. The number of fused-ring (bicyclic) bond motifs is 1. The maximum atomic E-state index is 12.9. The molecule has 1 aliphatic heterocycles. The zero-order valence-corrected chi connectivity index (χ0v) is 17.6. The fraction of sp³-hybridized carbons (Fsp3) is 0.200. The molecule has 4 rings (SSSR count). The lowest BCUT2D eigenvalue weighted by molar-refractivity contribution is -0.118. The van der Waals surface area contributed by atoms with Gasteiger partial charge in [-0.25, -0.2) is 0 Å². The Labute approximate surface area is 181 Å². The molecular formula is C25H25N3O3. The van der Waals surface area contributed by atoms with Crippen LogP contribution in [-0.2, 0) is 11.2 Å². The van der Waals surface area contributed by atoms with Crippen LogP contribution in [-0.4, -0.2) is 31.5 Å². The molecule has 0 aliphatic carbocycles. The summed E-state index contributed by atoms with van der Waals surface area (Å²) in [6, 6.07) is 21.9. The first kappa shape index (κ1) is 20.5. The van der Waals surface area contributed by atoms with Gasteiger partial charge in [0.1, 0.15) is 11.8 Å². The number of ether oxygens (including phenoxy) is 1. The van der Waals surface area contributed by atoms with Crippen molar-refractivity contribution in [2.75, 3.05) is 29.2 Å². The number of carbonyl (C=O) groups excluding carboxylic acids is 2. The number of nitrogens with one attached hydrogen (secondary N) is 2. The third kappa shape index (κ3) is 4.53. The second-order valence-electron chi connectivity index (χ2n) is 7.49. The molecule has 6 heteroatoms. The Balaban J connectivity index is 1.36. The van der Waals surface area contributed by atoms with Crippen LogP contribution in [0.15, 0.2) is 72.8 Å². The molecule has 0 fully saturated rings. The summed E-state index contributed by atoms with van der Waals surface area (Å²) < 4.78 is 5.12. The number of hydrogen-bond acceptors (Lipinski definition) is 4. The van der Waals surface area contributed by atoms with Crippen molar-refractivity contribution in [2.45, 2.75) is 19.4 Å². The maximum Gasteiger partial charge on any atom is 0.255 e. The summed E-state index contributed by atoms with van der Waals surface area (Å²) in [6.45, 7) is 2.56. The number of anilines is 3. The number of nitrogens with zero attached hydrogens (tertiary/aromatic N) is 1. The minimum atomic E-state index is -0.384. The predicted octanol–water partition coefficient (Wildman–Crippen LogP) is 4.34. The van der Waals surface area contributed by atoms with E-state index in [9.17, 15) is 9.59 Å². The summed E-state index contributed by atoms with van der Waals surface area (Å²) in [6.07, 6.45) is 0.882. The van der Waals surface area contributed by atoms with E-state index in [1.165, 1.54) is 5.56 Å². The van der Waals surface area contributed by atoms with E-state index in [1.807, 2.05) is 42.2 Å². The number of rotatable bonds is 6. The Morgan fingerprint density at radius 1 is 0.935 bits per heavy atom. The van der Waals surface area contributed by atoms with Gasteiger partial charge in [0.05, 0.1) is 7.11 Å². The van der Waals surface area contributed by atoms with Gasteiger partial charge in [-0.05, 0) is 73.5 Å². The summed E-state index contributed by atoms with van der Waals surface area (Å²) in [5, 5.41) is 6.10. The minimum Gasteiger partial charge on any atom is -0.497 e. The van der Waals surface area contributed by atoms with E-state index in [-0.39, 0.29) is 17.9 Å². The lowest BCUT2D eigenvalue weighted by atomic mass is 10.1. The van der Waals surface area contributed by atoms with Crippen LogP contribution in [0.1, 0.15) is 22.8 Å². The molecule has 3 aromatic carbocycles. The highest BCUT2D eigenvalue weighted by molar-refractivity contribution is 6.04. The van der Waals surface area contributed by atoms with Gasteiger partial charge in [0.25, 0.3) is 5.91 Å². The molecule has 6 nitrogen and oxygen atoms in total. The van der Waals surface area contributed by atoms with Gasteiger partial charge < -0.3 is 20.3 Å². The van der Waals surface area contributed by atoms with E-state index in [2.05, 4.69) is 16.7 Å². The van der Waals surface area contributed by atoms with E-state index in [0.717, 1.165) is 23.5 Å². The molecule has 0 saturated heterocycles. The SMILES string of the molecule is COc1ccc(NC(=O)c2ccc(N[C@@H](C)C(=O)N3CCc4ccccc43)cc2)cc1. The molecule has 0 spiro atoms. The molecule has 0 bridgehead atoms. The van der Waals surface area contributed by atoms with Crippen molar-refractivity contribution in [3.8, 4) is 5.75 Å². The fourth-order valence-electron chi connectivity index (χ4n) is 3.71. The minimum absolute atomic E-state index is 0.0336. The standard InChI is InChI=1S/C25H25N3O3/c1-17(25(30)28-16-15-18-5-3-4-6-23(18)28)26-20-9-7-19(8-10-20)24(29)27-21-11-13-22(31-2)14-12-21/h3-14,17,26H,15-16H2,1-2H3,(H,27,29)/t17-/m0/s1. The summed E-state index contributed by atoms with van der Waals surface area (Å²) in [4.78, 5) is 27.2. The molecule has 1 heterocycles. The van der Waals surface area contributed by atoms with Crippen molar-refractivity contribution in [3.63, 3.8) is 0 Å². The first-order valence-corrected chi connectivity index (χ1v) is 10.3. The first-order valence-electron chi connectivity index (χ1n) is 10.3. The van der Waals surface area contributed by atoms with Gasteiger partial charge in [-0.1, -0.05) is 18.2 Å². The van der Waals surface area contributed by atoms with Gasteiger partial charge in [0.15, 0.2) is 0 Å². The van der Waals surface area contributed by atoms with Crippen LogP contribution in [0.5, 0.6) is 5.75 Å². The van der Waals surface area contributed by atoms with Crippen LogP contribution in [0.2, 0.25) is 0 Å². The highest BCUT2D eigenvalue weighted by Crippen LogP contribution is 2.28. The Kier molecular flexibility index (Phi) is 5.89. The maximum absolute atomic E-state index is 12.9. The molecule has 31 heavy (non-hydrogen) atoms. The number of para-hydroxylation sites is 1. The Hall–Kier alpha value is -3.80. The van der Waals surface area contributed by atoms with Gasteiger partial charge >= 0.3 is 0 Å². The zero-order valence-electron chi connectivity index (χ0n) is 17.6. The highest BCUT2D eigenvalue weighted by Gasteiger charge is 2.27.